The minimum atomic E-state index is -0.153. The minimum absolute atomic E-state index is 0.0368. The SMILES string of the molecule is CC1(C)CB(c2ccc3[nH]c(=O)c4ccccc4c3c2)OC1(C)C. The second-order valence-electron chi connectivity index (χ2n) is 8.01. The molecule has 3 aromatic rings. The summed E-state index contributed by atoms with van der Waals surface area (Å²) in [6, 6.07) is 14.0. The molecule has 2 heterocycles. The highest BCUT2D eigenvalue weighted by molar-refractivity contribution is 6.68. The van der Waals surface area contributed by atoms with E-state index in [0.29, 0.717) is 0 Å². The Morgan fingerprint density at radius 1 is 1.00 bits per heavy atom. The van der Waals surface area contributed by atoms with Crippen molar-refractivity contribution >= 4 is 34.1 Å². The summed E-state index contributed by atoms with van der Waals surface area (Å²) in [5.74, 6) is 0. The van der Waals surface area contributed by atoms with Crippen LogP contribution in [-0.2, 0) is 4.65 Å². The molecule has 0 amide bonds. The zero-order chi connectivity index (χ0) is 17.1. The van der Waals surface area contributed by atoms with Crippen LogP contribution in [0.5, 0.6) is 0 Å². The van der Waals surface area contributed by atoms with Gasteiger partial charge in [0.25, 0.3) is 5.56 Å². The molecule has 1 aromatic heterocycles. The molecule has 0 aliphatic carbocycles. The van der Waals surface area contributed by atoms with Crippen molar-refractivity contribution in [3.63, 3.8) is 0 Å². The molecule has 0 atom stereocenters. The third kappa shape index (κ3) is 2.20. The van der Waals surface area contributed by atoms with Crippen molar-refractivity contribution in [2.24, 2.45) is 5.41 Å². The molecule has 3 nitrogen and oxygen atoms in total. The quantitative estimate of drug-likeness (QED) is 0.549. The zero-order valence-corrected chi connectivity index (χ0v) is 14.6. The van der Waals surface area contributed by atoms with Crippen LogP contribution in [0.25, 0.3) is 21.7 Å². The van der Waals surface area contributed by atoms with Crippen molar-refractivity contribution in [1.29, 1.82) is 0 Å². The van der Waals surface area contributed by atoms with E-state index in [-0.39, 0.29) is 23.5 Å². The average molecular weight is 319 g/mol. The molecule has 0 radical (unpaired) electrons. The van der Waals surface area contributed by atoms with Crippen LogP contribution in [0.1, 0.15) is 27.7 Å². The van der Waals surface area contributed by atoms with Crippen LogP contribution in [-0.4, -0.2) is 17.5 Å². The van der Waals surface area contributed by atoms with Crippen molar-refractivity contribution in [3.8, 4) is 0 Å². The Morgan fingerprint density at radius 3 is 2.38 bits per heavy atom. The van der Waals surface area contributed by atoms with E-state index in [1.165, 1.54) is 5.46 Å². The zero-order valence-electron chi connectivity index (χ0n) is 14.6. The standard InChI is InChI=1S/C20H22BNO2/c1-19(2)12-21(24-20(19,3)4)13-9-10-17-16(11-13)14-7-5-6-8-15(14)18(23)22-17/h5-11H,12H2,1-4H3,(H,22,23). The average Bonchev–Trinajstić information content (AvgIpc) is 2.75. The highest BCUT2D eigenvalue weighted by Crippen LogP contribution is 2.45. The van der Waals surface area contributed by atoms with Crippen LogP contribution in [0.15, 0.2) is 47.3 Å². The summed E-state index contributed by atoms with van der Waals surface area (Å²) in [7, 11) is 0. The first-order chi connectivity index (χ1) is 11.3. The van der Waals surface area contributed by atoms with Gasteiger partial charge in [-0.1, -0.05) is 44.2 Å². The van der Waals surface area contributed by atoms with Crippen LogP contribution in [0.4, 0.5) is 0 Å². The molecule has 1 fully saturated rings. The van der Waals surface area contributed by atoms with Gasteiger partial charge in [-0.25, -0.2) is 0 Å². The molecular weight excluding hydrogens is 297 g/mol. The lowest BCUT2D eigenvalue weighted by Gasteiger charge is -2.34. The van der Waals surface area contributed by atoms with E-state index in [9.17, 15) is 4.79 Å². The number of hydrogen-bond acceptors (Lipinski definition) is 2. The van der Waals surface area contributed by atoms with Gasteiger partial charge in [0.15, 0.2) is 0 Å². The summed E-state index contributed by atoms with van der Waals surface area (Å²) >= 11 is 0. The summed E-state index contributed by atoms with van der Waals surface area (Å²) in [5, 5.41) is 2.80. The molecule has 4 rings (SSSR count). The lowest BCUT2D eigenvalue weighted by Crippen LogP contribution is -2.36. The van der Waals surface area contributed by atoms with Gasteiger partial charge in [-0.3, -0.25) is 4.79 Å². The molecule has 0 spiro atoms. The van der Waals surface area contributed by atoms with E-state index in [2.05, 4.69) is 44.8 Å². The highest BCUT2D eigenvalue weighted by Gasteiger charge is 2.49. The molecule has 1 N–H and O–H groups in total. The maximum atomic E-state index is 12.2. The fourth-order valence-electron chi connectivity index (χ4n) is 3.65. The molecule has 24 heavy (non-hydrogen) atoms. The number of benzene rings is 2. The molecule has 1 saturated heterocycles. The normalized spacial score (nSPS) is 19.2. The fourth-order valence-corrected chi connectivity index (χ4v) is 3.65. The summed E-state index contributed by atoms with van der Waals surface area (Å²) in [4.78, 5) is 15.2. The van der Waals surface area contributed by atoms with Crippen LogP contribution in [0.2, 0.25) is 6.32 Å². The number of aromatic nitrogens is 1. The van der Waals surface area contributed by atoms with Crippen molar-refractivity contribution < 1.29 is 4.65 Å². The molecular formula is C20H22BNO2. The largest absolute Gasteiger partial charge is 0.426 e. The van der Waals surface area contributed by atoms with Crippen LogP contribution in [0.3, 0.4) is 0 Å². The molecule has 0 unspecified atom stereocenters. The van der Waals surface area contributed by atoms with Gasteiger partial charge in [-0.15, -0.1) is 0 Å². The molecule has 0 bridgehead atoms. The minimum Gasteiger partial charge on any atom is -0.426 e. The van der Waals surface area contributed by atoms with E-state index in [1.54, 1.807) is 0 Å². The predicted molar refractivity (Wildman–Crippen MR) is 101 cm³/mol. The van der Waals surface area contributed by atoms with Gasteiger partial charge in [0.05, 0.1) is 5.60 Å². The predicted octanol–water partition coefficient (Wildman–Crippen LogP) is 3.71. The van der Waals surface area contributed by atoms with Gasteiger partial charge in [-0.2, -0.15) is 0 Å². The van der Waals surface area contributed by atoms with Crippen LogP contribution >= 0.6 is 0 Å². The van der Waals surface area contributed by atoms with E-state index >= 15 is 0 Å². The number of H-pyrrole nitrogens is 1. The second kappa shape index (κ2) is 4.96. The maximum Gasteiger partial charge on any atom is 0.327 e. The van der Waals surface area contributed by atoms with Crippen LogP contribution < -0.4 is 11.0 Å². The number of rotatable bonds is 1. The Bertz CT molecular complexity index is 987. The molecule has 0 saturated carbocycles. The van der Waals surface area contributed by atoms with Gasteiger partial charge in [0, 0.05) is 16.3 Å². The van der Waals surface area contributed by atoms with Crippen molar-refractivity contribution in [1.82, 2.24) is 4.98 Å². The summed E-state index contributed by atoms with van der Waals surface area (Å²) < 4.78 is 6.36. The molecule has 2 aromatic carbocycles. The molecule has 4 heteroatoms. The number of nitrogens with one attached hydrogen (secondary N) is 1. The van der Waals surface area contributed by atoms with E-state index in [1.807, 2.05) is 30.3 Å². The summed E-state index contributed by atoms with van der Waals surface area (Å²) in [5.41, 5.74) is 1.99. The Labute approximate surface area is 142 Å². The Morgan fingerprint density at radius 2 is 1.71 bits per heavy atom. The van der Waals surface area contributed by atoms with Gasteiger partial charge in [-0.05, 0) is 48.6 Å². The topological polar surface area (TPSA) is 42.1 Å². The Balaban J connectivity index is 1.89. The van der Waals surface area contributed by atoms with E-state index in [4.69, 9.17) is 4.65 Å². The third-order valence-electron chi connectivity index (χ3n) is 5.89. The second-order valence-corrected chi connectivity index (χ2v) is 8.01. The number of hydrogen-bond donors (Lipinski definition) is 1. The Kier molecular flexibility index (Phi) is 3.20. The van der Waals surface area contributed by atoms with Gasteiger partial charge in [0.1, 0.15) is 0 Å². The summed E-state index contributed by atoms with van der Waals surface area (Å²) in [6.07, 6.45) is 0.993. The van der Waals surface area contributed by atoms with E-state index < -0.39 is 0 Å². The third-order valence-corrected chi connectivity index (χ3v) is 5.89. The first kappa shape index (κ1) is 15.5. The monoisotopic (exact) mass is 319 g/mol. The highest BCUT2D eigenvalue weighted by atomic mass is 16.5. The maximum absolute atomic E-state index is 12.2. The number of pyridine rings is 1. The van der Waals surface area contributed by atoms with Crippen LogP contribution in [0, 0.1) is 5.41 Å². The molecule has 1 aliphatic rings. The fraction of sp³-hybridized carbons (Fsp3) is 0.350. The lowest BCUT2D eigenvalue weighted by atomic mass is 9.54. The van der Waals surface area contributed by atoms with Gasteiger partial charge >= 0.3 is 6.92 Å². The first-order valence-corrected chi connectivity index (χ1v) is 8.51. The Hall–Kier alpha value is -2.07. The van der Waals surface area contributed by atoms with Gasteiger partial charge in [0.2, 0.25) is 0 Å². The summed E-state index contributed by atoms with van der Waals surface area (Å²) in [6.45, 7) is 8.95. The molecule has 122 valence electrons. The van der Waals surface area contributed by atoms with E-state index in [0.717, 1.165) is 28.0 Å². The van der Waals surface area contributed by atoms with Crippen molar-refractivity contribution in [2.45, 2.75) is 39.6 Å². The smallest absolute Gasteiger partial charge is 0.327 e. The van der Waals surface area contributed by atoms with Gasteiger partial charge < -0.3 is 9.64 Å². The lowest BCUT2D eigenvalue weighted by molar-refractivity contribution is 0.0375. The first-order valence-electron chi connectivity index (χ1n) is 8.51. The van der Waals surface area contributed by atoms with Crippen molar-refractivity contribution in [3.05, 3.63) is 52.8 Å². The van der Waals surface area contributed by atoms with Crippen molar-refractivity contribution in [2.75, 3.05) is 0 Å². The number of fused-ring (bicyclic) bond motifs is 3. The molecule has 1 aliphatic heterocycles. The number of aromatic amines is 1.